The van der Waals surface area contributed by atoms with Crippen molar-refractivity contribution >= 4 is 5.91 Å². The number of nitrogens with zero attached hydrogens (tertiary/aromatic N) is 2. The topological polar surface area (TPSA) is 32.8 Å². The lowest BCUT2D eigenvalue weighted by molar-refractivity contribution is -0.139. The second-order valence-electron chi connectivity index (χ2n) is 8.73. The SMILES string of the molecule is CC1CN(C(=O)COc2ccc3c(c2)CCCC3)C(C)CN1Cc1ccc(F)cc1. The quantitative estimate of drug-likeness (QED) is 0.741. The summed E-state index contributed by atoms with van der Waals surface area (Å²) in [6.45, 7) is 6.53. The molecule has 1 fully saturated rings. The number of carbonyl (C=O) groups is 1. The average Bonchev–Trinajstić information content (AvgIpc) is 2.75. The maximum atomic E-state index is 13.2. The van der Waals surface area contributed by atoms with Gasteiger partial charge in [0.2, 0.25) is 0 Å². The second-order valence-corrected chi connectivity index (χ2v) is 8.73. The highest BCUT2D eigenvalue weighted by Crippen LogP contribution is 2.25. The van der Waals surface area contributed by atoms with Crippen LogP contribution in [-0.2, 0) is 24.2 Å². The summed E-state index contributed by atoms with van der Waals surface area (Å²) in [7, 11) is 0. The van der Waals surface area contributed by atoms with E-state index in [1.807, 2.05) is 23.1 Å². The minimum atomic E-state index is -0.213. The summed E-state index contributed by atoms with van der Waals surface area (Å²) >= 11 is 0. The van der Waals surface area contributed by atoms with Gasteiger partial charge in [0.05, 0.1) is 0 Å². The Hall–Kier alpha value is -2.40. The van der Waals surface area contributed by atoms with Crippen molar-refractivity contribution in [3.63, 3.8) is 0 Å². The molecule has 2 aliphatic rings. The van der Waals surface area contributed by atoms with Crippen molar-refractivity contribution in [1.82, 2.24) is 9.80 Å². The molecule has 1 amide bonds. The van der Waals surface area contributed by atoms with E-state index in [9.17, 15) is 9.18 Å². The van der Waals surface area contributed by atoms with Crippen LogP contribution in [0, 0.1) is 5.82 Å². The van der Waals surface area contributed by atoms with Crippen molar-refractivity contribution in [3.05, 3.63) is 65.0 Å². The van der Waals surface area contributed by atoms with E-state index in [4.69, 9.17) is 4.74 Å². The Kier molecular flexibility index (Phi) is 6.38. The number of fused-ring (bicyclic) bond motifs is 1. The summed E-state index contributed by atoms with van der Waals surface area (Å²) < 4.78 is 19.0. The normalized spacial score (nSPS) is 21.9. The van der Waals surface area contributed by atoms with Gasteiger partial charge in [0.25, 0.3) is 5.91 Å². The van der Waals surface area contributed by atoms with Crippen LogP contribution in [0.25, 0.3) is 0 Å². The van der Waals surface area contributed by atoms with E-state index in [1.165, 1.54) is 36.1 Å². The minimum absolute atomic E-state index is 0.0357. The van der Waals surface area contributed by atoms with Crippen LogP contribution in [0.3, 0.4) is 0 Å². The Bertz CT molecular complexity index is 883. The summed E-state index contributed by atoms with van der Waals surface area (Å²) in [4.78, 5) is 17.1. The fourth-order valence-corrected chi connectivity index (χ4v) is 4.62. The molecule has 2 unspecified atom stereocenters. The zero-order valence-electron chi connectivity index (χ0n) is 17.9. The van der Waals surface area contributed by atoms with Gasteiger partial charge in [0, 0.05) is 31.7 Å². The molecule has 160 valence electrons. The summed E-state index contributed by atoms with van der Waals surface area (Å²) in [5.41, 5.74) is 3.87. The van der Waals surface area contributed by atoms with Gasteiger partial charge in [0.1, 0.15) is 11.6 Å². The summed E-state index contributed by atoms with van der Waals surface area (Å²) in [5.74, 6) is 0.614. The number of ether oxygens (including phenoxy) is 1. The number of aryl methyl sites for hydroxylation is 2. The molecule has 0 N–H and O–H groups in total. The Morgan fingerprint density at radius 3 is 2.50 bits per heavy atom. The first-order chi connectivity index (χ1) is 14.5. The molecule has 0 spiro atoms. The van der Waals surface area contributed by atoms with E-state index in [-0.39, 0.29) is 30.4 Å². The number of amides is 1. The summed E-state index contributed by atoms with van der Waals surface area (Å²) in [6, 6.07) is 13.3. The van der Waals surface area contributed by atoms with E-state index >= 15 is 0 Å². The van der Waals surface area contributed by atoms with Crippen LogP contribution in [0.5, 0.6) is 5.75 Å². The lowest BCUT2D eigenvalue weighted by Gasteiger charge is -2.44. The number of piperazine rings is 1. The van der Waals surface area contributed by atoms with Crippen molar-refractivity contribution in [2.45, 2.75) is 58.2 Å². The molecule has 2 aromatic rings. The Labute approximate surface area is 178 Å². The summed E-state index contributed by atoms with van der Waals surface area (Å²) in [5, 5.41) is 0. The van der Waals surface area contributed by atoms with Crippen molar-refractivity contribution in [3.8, 4) is 5.75 Å². The van der Waals surface area contributed by atoms with Gasteiger partial charge < -0.3 is 9.64 Å². The molecular weight excluding hydrogens is 379 g/mol. The van der Waals surface area contributed by atoms with Crippen LogP contribution in [0.2, 0.25) is 0 Å². The van der Waals surface area contributed by atoms with Crippen LogP contribution in [0.1, 0.15) is 43.4 Å². The molecule has 30 heavy (non-hydrogen) atoms. The molecule has 5 heteroatoms. The Morgan fingerprint density at radius 1 is 1.00 bits per heavy atom. The first-order valence-electron chi connectivity index (χ1n) is 11.0. The molecular formula is C25H31FN2O2. The molecule has 4 rings (SSSR count). The Morgan fingerprint density at radius 2 is 1.73 bits per heavy atom. The fourth-order valence-electron chi connectivity index (χ4n) is 4.62. The monoisotopic (exact) mass is 410 g/mol. The summed E-state index contributed by atoms with van der Waals surface area (Å²) in [6.07, 6.45) is 4.74. The molecule has 1 saturated heterocycles. The first-order valence-corrected chi connectivity index (χ1v) is 11.0. The first kappa shape index (κ1) is 20.9. The molecule has 2 aromatic carbocycles. The largest absolute Gasteiger partial charge is 0.484 e. The van der Waals surface area contributed by atoms with Gasteiger partial charge in [-0.3, -0.25) is 9.69 Å². The van der Waals surface area contributed by atoms with E-state index in [1.54, 1.807) is 0 Å². The molecule has 1 aliphatic heterocycles. The molecule has 0 bridgehead atoms. The third-order valence-corrected chi connectivity index (χ3v) is 6.42. The van der Waals surface area contributed by atoms with E-state index in [2.05, 4.69) is 30.9 Å². The van der Waals surface area contributed by atoms with Gasteiger partial charge in [-0.1, -0.05) is 18.2 Å². The number of hydrogen-bond donors (Lipinski definition) is 0. The third-order valence-electron chi connectivity index (χ3n) is 6.42. The second kappa shape index (κ2) is 9.17. The van der Waals surface area contributed by atoms with Crippen LogP contribution in [0.15, 0.2) is 42.5 Å². The zero-order chi connectivity index (χ0) is 21.1. The molecule has 2 atom stereocenters. The van der Waals surface area contributed by atoms with Crippen LogP contribution >= 0.6 is 0 Å². The molecule has 1 aliphatic carbocycles. The molecule has 1 heterocycles. The van der Waals surface area contributed by atoms with Gasteiger partial charge in [0.15, 0.2) is 6.61 Å². The molecule has 0 aromatic heterocycles. The van der Waals surface area contributed by atoms with Crippen molar-refractivity contribution < 1.29 is 13.9 Å². The lowest BCUT2D eigenvalue weighted by atomic mass is 9.92. The van der Waals surface area contributed by atoms with Gasteiger partial charge in [-0.2, -0.15) is 0 Å². The third kappa shape index (κ3) is 4.84. The van der Waals surface area contributed by atoms with Gasteiger partial charge in [-0.05, 0) is 80.5 Å². The smallest absolute Gasteiger partial charge is 0.260 e. The fraction of sp³-hybridized carbons (Fsp3) is 0.480. The average molecular weight is 411 g/mol. The van der Waals surface area contributed by atoms with Gasteiger partial charge in [-0.25, -0.2) is 4.39 Å². The maximum Gasteiger partial charge on any atom is 0.260 e. The number of hydrogen-bond acceptors (Lipinski definition) is 3. The number of benzene rings is 2. The van der Waals surface area contributed by atoms with Gasteiger partial charge >= 0.3 is 0 Å². The van der Waals surface area contributed by atoms with Crippen LogP contribution < -0.4 is 4.74 Å². The maximum absolute atomic E-state index is 13.2. The molecule has 0 radical (unpaired) electrons. The highest BCUT2D eigenvalue weighted by molar-refractivity contribution is 5.78. The van der Waals surface area contributed by atoms with E-state index in [0.717, 1.165) is 37.2 Å². The van der Waals surface area contributed by atoms with E-state index < -0.39 is 0 Å². The van der Waals surface area contributed by atoms with Crippen LogP contribution in [-0.4, -0.2) is 47.5 Å². The standard InChI is InChI=1S/C25H31FN2O2/c1-18-15-28(19(2)14-27(18)16-20-7-10-23(26)11-8-20)25(29)17-30-24-12-9-21-5-3-4-6-22(21)13-24/h7-13,18-19H,3-6,14-17H2,1-2H3. The van der Waals surface area contributed by atoms with Crippen molar-refractivity contribution in [2.24, 2.45) is 0 Å². The zero-order valence-corrected chi connectivity index (χ0v) is 17.9. The lowest BCUT2D eigenvalue weighted by Crippen LogP contribution is -2.58. The van der Waals surface area contributed by atoms with Crippen molar-refractivity contribution in [2.75, 3.05) is 19.7 Å². The number of carbonyl (C=O) groups excluding carboxylic acids is 1. The Balaban J connectivity index is 1.32. The minimum Gasteiger partial charge on any atom is -0.484 e. The number of rotatable bonds is 5. The number of halogens is 1. The van der Waals surface area contributed by atoms with Gasteiger partial charge in [-0.15, -0.1) is 0 Å². The van der Waals surface area contributed by atoms with Crippen molar-refractivity contribution in [1.29, 1.82) is 0 Å². The predicted molar refractivity (Wildman–Crippen MR) is 116 cm³/mol. The predicted octanol–water partition coefficient (Wildman–Crippen LogP) is 4.20. The molecule has 0 saturated carbocycles. The van der Waals surface area contributed by atoms with E-state index in [0.29, 0.717) is 6.54 Å². The highest BCUT2D eigenvalue weighted by atomic mass is 19.1. The molecule has 4 nitrogen and oxygen atoms in total. The highest BCUT2D eigenvalue weighted by Gasteiger charge is 2.32. The van der Waals surface area contributed by atoms with Crippen LogP contribution in [0.4, 0.5) is 4.39 Å².